The molecule has 2 amide bonds. The smallest absolute Gasteiger partial charge is 0.233 e. The second-order valence-electron chi connectivity index (χ2n) is 4.65. The van der Waals surface area contributed by atoms with Crippen molar-refractivity contribution in [2.75, 3.05) is 0 Å². The molecule has 1 aliphatic heterocycles. The van der Waals surface area contributed by atoms with E-state index in [0.29, 0.717) is 0 Å². The van der Waals surface area contributed by atoms with Crippen molar-refractivity contribution in [1.82, 2.24) is 5.32 Å². The second-order valence-corrected chi connectivity index (χ2v) is 4.65. The van der Waals surface area contributed by atoms with Gasteiger partial charge in [-0.2, -0.15) is 0 Å². The van der Waals surface area contributed by atoms with Gasteiger partial charge in [-0.05, 0) is 26.7 Å². The van der Waals surface area contributed by atoms with E-state index >= 15 is 0 Å². The molecule has 1 heterocycles. The van der Waals surface area contributed by atoms with Crippen LogP contribution in [0.1, 0.15) is 39.5 Å². The van der Waals surface area contributed by atoms with Crippen molar-refractivity contribution in [3.63, 3.8) is 0 Å². The van der Waals surface area contributed by atoms with Crippen LogP contribution in [0.5, 0.6) is 0 Å². The molecule has 1 saturated heterocycles. The summed E-state index contributed by atoms with van der Waals surface area (Å²) in [5.74, 6) is -0.139. The van der Waals surface area contributed by atoms with Crippen molar-refractivity contribution in [1.29, 1.82) is 0 Å². The zero-order valence-electron chi connectivity index (χ0n) is 8.14. The van der Waals surface area contributed by atoms with E-state index in [1.54, 1.807) is 0 Å². The van der Waals surface area contributed by atoms with Gasteiger partial charge < -0.3 is 0 Å². The lowest BCUT2D eigenvalue weighted by Gasteiger charge is -2.40. The number of hydrogen-bond donors (Lipinski definition) is 1. The van der Waals surface area contributed by atoms with E-state index in [9.17, 15) is 9.59 Å². The Hall–Kier alpha value is -0.860. The van der Waals surface area contributed by atoms with Crippen LogP contribution in [0.4, 0.5) is 0 Å². The predicted molar refractivity (Wildman–Crippen MR) is 47.8 cm³/mol. The second kappa shape index (κ2) is 2.34. The van der Waals surface area contributed by atoms with E-state index in [-0.39, 0.29) is 11.8 Å². The maximum absolute atomic E-state index is 11.6. The number of hydrogen-bond acceptors (Lipinski definition) is 2. The van der Waals surface area contributed by atoms with Crippen LogP contribution in [-0.2, 0) is 9.59 Å². The zero-order valence-corrected chi connectivity index (χ0v) is 8.14. The van der Waals surface area contributed by atoms with Gasteiger partial charge in [0.15, 0.2) is 0 Å². The van der Waals surface area contributed by atoms with E-state index in [1.807, 2.05) is 13.8 Å². The molecule has 0 bridgehead atoms. The van der Waals surface area contributed by atoms with Crippen LogP contribution < -0.4 is 5.32 Å². The van der Waals surface area contributed by atoms with Crippen molar-refractivity contribution in [3.05, 3.63) is 0 Å². The molecule has 0 aromatic heterocycles. The maximum atomic E-state index is 11.6. The van der Waals surface area contributed by atoms with Crippen LogP contribution in [0.3, 0.4) is 0 Å². The zero-order chi connectivity index (χ0) is 9.69. The summed E-state index contributed by atoms with van der Waals surface area (Å²) in [4.78, 5) is 23.2. The summed E-state index contributed by atoms with van der Waals surface area (Å²) in [6.07, 6.45) is 3.82. The highest BCUT2D eigenvalue weighted by atomic mass is 16.2. The summed E-state index contributed by atoms with van der Waals surface area (Å²) in [5.41, 5.74) is -0.884. The Morgan fingerprint density at radius 2 is 1.38 bits per heavy atom. The molecule has 72 valence electrons. The maximum Gasteiger partial charge on any atom is 0.233 e. The molecule has 13 heavy (non-hydrogen) atoms. The normalized spacial score (nSPS) is 44.5. The SMILES string of the molecule is C[C@@]12CCCC[C@]1(C)C(=O)NC2=O. The average molecular weight is 181 g/mol. The number of fused-ring (bicyclic) bond motifs is 1. The third-order valence-corrected chi connectivity index (χ3v) is 4.05. The molecule has 3 heteroatoms. The summed E-state index contributed by atoms with van der Waals surface area (Å²) < 4.78 is 0. The van der Waals surface area contributed by atoms with Gasteiger partial charge in [-0.25, -0.2) is 0 Å². The molecular formula is C10H15NO2. The number of carbonyl (C=O) groups excluding carboxylic acids is 2. The Morgan fingerprint density at radius 3 is 1.77 bits per heavy atom. The molecule has 2 fully saturated rings. The fourth-order valence-electron chi connectivity index (χ4n) is 2.62. The lowest BCUT2D eigenvalue weighted by molar-refractivity contribution is -0.135. The first-order valence-corrected chi connectivity index (χ1v) is 4.87. The highest BCUT2D eigenvalue weighted by molar-refractivity contribution is 6.09. The number of imide groups is 1. The van der Waals surface area contributed by atoms with Gasteiger partial charge in [-0.3, -0.25) is 14.9 Å². The van der Waals surface area contributed by atoms with E-state index in [1.165, 1.54) is 0 Å². The molecule has 1 saturated carbocycles. The van der Waals surface area contributed by atoms with Crippen molar-refractivity contribution in [3.8, 4) is 0 Å². The summed E-state index contributed by atoms with van der Waals surface area (Å²) in [5, 5.41) is 2.46. The molecule has 1 N–H and O–H groups in total. The van der Waals surface area contributed by atoms with Crippen LogP contribution in [-0.4, -0.2) is 11.8 Å². The number of rotatable bonds is 0. The highest BCUT2D eigenvalue weighted by Gasteiger charge is 2.60. The molecule has 2 aliphatic rings. The van der Waals surface area contributed by atoms with Gasteiger partial charge in [0, 0.05) is 0 Å². The molecule has 1 aliphatic carbocycles. The Balaban J connectivity index is 2.46. The molecule has 0 spiro atoms. The molecule has 0 aromatic rings. The molecule has 0 radical (unpaired) electrons. The Bertz CT molecular complexity index is 259. The van der Waals surface area contributed by atoms with Crippen LogP contribution in [0.15, 0.2) is 0 Å². The largest absolute Gasteiger partial charge is 0.295 e. The van der Waals surface area contributed by atoms with E-state index in [2.05, 4.69) is 5.32 Å². The average Bonchev–Trinajstić information content (AvgIpc) is 2.25. The first kappa shape index (κ1) is 8.73. The number of nitrogens with one attached hydrogen (secondary N) is 1. The minimum absolute atomic E-state index is 0.0697. The summed E-state index contributed by atoms with van der Waals surface area (Å²) >= 11 is 0. The van der Waals surface area contributed by atoms with E-state index in [4.69, 9.17) is 0 Å². The van der Waals surface area contributed by atoms with Crippen LogP contribution in [0.2, 0.25) is 0 Å². The van der Waals surface area contributed by atoms with E-state index < -0.39 is 10.8 Å². The molecule has 3 nitrogen and oxygen atoms in total. The van der Waals surface area contributed by atoms with Gasteiger partial charge in [-0.15, -0.1) is 0 Å². The van der Waals surface area contributed by atoms with Crippen LogP contribution >= 0.6 is 0 Å². The molecule has 2 atom stereocenters. The Morgan fingerprint density at radius 1 is 1.00 bits per heavy atom. The molecular weight excluding hydrogens is 166 g/mol. The predicted octanol–water partition coefficient (Wildman–Crippen LogP) is 1.23. The van der Waals surface area contributed by atoms with Gasteiger partial charge in [0.05, 0.1) is 10.8 Å². The molecule has 2 rings (SSSR count). The monoisotopic (exact) mass is 181 g/mol. The van der Waals surface area contributed by atoms with Gasteiger partial charge >= 0.3 is 0 Å². The summed E-state index contributed by atoms with van der Waals surface area (Å²) in [6.45, 7) is 3.85. The van der Waals surface area contributed by atoms with Crippen LogP contribution in [0.25, 0.3) is 0 Å². The number of amides is 2. The van der Waals surface area contributed by atoms with Crippen molar-refractivity contribution in [2.45, 2.75) is 39.5 Å². The van der Waals surface area contributed by atoms with Gasteiger partial charge in [-0.1, -0.05) is 12.8 Å². The molecule has 0 unspecified atom stereocenters. The lowest BCUT2D eigenvalue weighted by Crippen LogP contribution is -2.42. The quantitative estimate of drug-likeness (QED) is 0.571. The van der Waals surface area contributed by atoms with Crippen molar-refractivity contribution >= 4 is 11.8 Å². The van der Waals surface area contributed by atoms with Gasteiger partial charge in [0.25, 0.3) is 0 Å². The molecule has 0 aromatic carbocycles. The lowest BCUT2D eigenvalue weighted by atomic mass is 9.59. The minimum atomic E-state index is -0.442. The first-order chi connectivity index (χ1) is 6.01. The van der Waals surface area contributed by atoms with Crippen molar-refractivity contribution in [2.24, 2.45) is 10.8 Å². The Kier molecular flexibility index (Phi) is 1.57. The van der Waals surface area contributed by atoms with Crippen LogP contribution in [0, 0.1) is 10.8 Å². The third-order valence-electron chi connectivity index (χ3n) is 4.05. The Labute approximate surface area is 77.9 Å². The topological polar surface area (TPSA) is 46.2 Å². The van der Waals surface area contributed by atoms with Gasteiger partial charge in [0.1, 0.15) is 0 Å². The summed E-state index contributed by atoms with van der Waals surface area (Å²) in [6, 6.07) is 0. The fraction of sp³-hybridized carbons (Fsp3) is 0.800. The minimum Gasteiger partial charge on any atom is -0.295 e. The highest BCUT2D eigenvalue weighted by Crippen LogP contribution is 2.53. The summed E-state index contributed by atoms with van der Waals surface area (Å²) in [7, 11) is 0. The third kappa shape index (κ3) is 0.847. The van der Waals surface area contributed by atoms with E-state index in [0.717, 1.165) is 25.7 Å². The van der Waals surface area contributed by atoms with Crippen molar-refractivity contribution < 1.29 is 9.59 Å². The first-order valence-electron chi connectivity index (χ1n) is 4.87. The fourth-order valence-corrected chi connectivity index (χ4v) is 2.62. The number of carbonyl (C=O) groups is 2. The standard InChI is InChI=1S/C10H15NO2/c1-9-5-3-4-6-10(9,2)8(13)11-7(9)12/h3-6H2,1-2H3,(H,11,12,13)/t9-,10+. The van der Waals surface area contributed by atoms with Gasteiger partial charge in [0.2, 0.25) is 11.8 Å².